The monoisotopic (exact) mass is 560 g/mol. The van der Waals surface area contributed by atoms with Gasteiger partial charge in [0.1, 0.15) is 11.5 Å². The molecule has 0 aliphatic carbocycles. The van der Waals surface area contributed by atoms with Gasteiger partial charge in [0, 0.05) is 32.2 Å². The third-order valence-corrected chi connectivity index (χ3v) is 5.24. The highest BCUT2D eigenvalue weighted by molar-refractivity contribution is 14.0. The van der Waals surface area contributed by atoms with Crippen molar-refractivity contribution in [3.8, 4) is 11.5 Å². The summed E-state index contributed by atoms with van der Waals surface area (Å²) in [6, 6.07) is 13.3. The van der Waals surface area contributed by atoms with Gasteiger partial charge in [-0.3, -0.25) is 9.89 Å². The van der Waals surface area contributed by atoms with Gasteiger partial charge >= 0.3 is 6.61 Å². The molecule has 1 aliphatic rings. The lowest BCUT2D eigenvalue weighted by Gasteiger charge is -2.16. The molecule has 3 rings (SSSR count). The van der Waals surface area contributed by atoms with E-state index in [0.717, 1.165) is 12.1 Å². The number of benzene rings is 2. The van der Waals surface area contributed by atoms with E-state index in [1.165, 1.54) is 44.7 Å². The van der Waals surface area contributed by atoms with Crippen molar-refractivity contribution in [3.63, 3.8) is 0 Å². The number of halogens is 3. The standard InChI is InChI=1S/C23H30F2N4O2.HI/c1-26-23(28-15-19-13-20(30-2)9-10-21(19)31-22(24)25)27-14-17-5-7-18(8-6-17)16-29-11-3-4-12-29;/h5-10,13,22H,3-4,11-12,14-16H2,1-2H3,(H2,26,27,28);1H. The Kier molecular flexibility index (Phi) is 10.9. The summed E-state index contributed by atoms with van der Waals surface area (Å²) < 4.78 is 35.2. The molecule has 0 atom stereocenters. The Hall–Kier alpha value is -2.14. The van der Waals surface area contributed by atoms with Crippen molar-refractivity contribution in [3.05, 3.63) is 59.2 Å². The molecule has 1 saturated heterocycles. The van der Waals surface area contributed by atoms with Crippen molar-refractivity contribution in [2.75, 3.05) is 27.2 Å². The molecule has 176 valence electrons. The smallest absolute Gasteiger partial charge is 0.387 e. The maximum atomic E-state index is 12.7. The Balaban J connectivity index is 0.00000363. The number of hydrogen-bond donors (Lipinski definition) is 2. The van der Waals surface area contributed by atoms with Crippen LogP contribution in [0, 0.1) is 0 Å². The van der Waals surface area contributed by atoms with Crippen LogP contribution in [0.5, 0.6) is 11.5 Å². The maximum absolute atomic E-state index is 12.7. The molecule has 0 aromatic heterocycles. The number of aliphatic imine (C=N–C) groups is 1. The lowest BCUT2D eigenvalue weighted by atomic mass is 10.1. The molecule has 1 aliphatic heterocycles. The van der Waals surface area contributed by atoms with Gasteiger partial charge in [0.05, 0.1) is 7.11 Å². The molecule has 1 fully saturated rings. The zero-order valence-electron chi connectivity index (χ0n) is 18.4. The molecule has 2 aromatic rings. The fourth-order valence-electron chi connectivity index (χ4n) is 3.58. The van der Waals surface area contributed by atoms with Gasteiger partial charge in [0.25, 0.3) is 0 Å². The number of methoxy groups -OCH3 is 1. The average Bonchev–Trinajstić information content (AvgIpc) is 3.28. The van der Waals surface area contributed by atoms with Crippen LogP contribution in [0.3, 0.4) is 0 Å². The Labute approximate surface area is 205 Å². The molecule has 0 unspecified atom stereocenters. The number of ether oxygens (including phenoxy) is 2. The van der Waals surface area contributed by atoms with Crippen LogP contribution in [0.1, 0.15) is 29.5 Å². The van der Waals surface area contributed by atoms with E-state index in [2.05, 4.69) is 49.5 Å². The van der Waals surface area contributed by atoms with Gasteiger partial charge in [-0.15, -0.1) is 24.0 Å². The van der Waals surface area contributed by atoms with Crippen LogP contribution in [0.4, 0.5) is 8.78 Å². The SMILES string of the molecule is CN=C(NCc1ccc(CN2CCCC2)cc1)NCc1cc(OC)ccc1OC(F)F.I. The third-order valence-electron chi connectivity index (χ3n) is 5.24. The van der Waals surface area contributed by atoms with E-state index in [9.17, 15) is 8.78 Å². The molecule has 6 nitrogen and oxygen atoms in total. The van der Waals surface area contributed by atoms with Gasteiger partial charge in [-0.25, -0.2) is 0 Å². The maximum Gasteiger partial charge on any atom is 0.387 e. The molecule has 0 bridgehead atoms. The number of likely N-dealkylation sites (tertiary alicyclic amines) is 1. The van der Waals surface area contributed by atoms with Crippen molar-refractivity contribution in [1.82, 2.24) is 15.5 Å². The highest BCUT2D eigenvalue weighted by atomic mass is 127. The highest BCUT2D eigenvalue weighted by Crippen LogP contribution is 2.25. The largest absolute Gasteiger partial charge is 0.497 e. The second-order valence-electron chi connectivity index (χ2n) is 7.43. The first-order chi connectivity index (χ1) is 15.1. The summed E-state index contributed by atoms with van der Waals surface area (Å²) in [5.41, 5.74) is 3.00. The van der Waals surface area contributed by atoms with E-state index in [4.69, 9.17) is 4.74 Å². The normalized spacial score (nSPS) is 14.2. The van der Waals surface area contributed by atoms with Crippen LogP contribution >= 0.6 is 24.0 Å². The van der Waals surface area contributed by atoms with Crippen LogP contribution in [0.25, 0.3) is 0 Å². The quantitative estimate of drug-likeness (QED) is 0.271. The number of hydrogen-bond acceptors (Lipinski definition) is 4. The molecular weight excluding hydrogens is 529 g/mol. The third kappa shape index (κ3) is 8.09. The number of guanidine groups is 1. The molecule has 2 N–H and O–H groups in total. The van der Waals surface area contributed by atoms with Crippen molar-refractivity contribution >= 4 is 29.9 Å². The van der Waals surface area contributed by atoms with E-state index in [1.54, 1.807) is 19.2 Å². The van der Waals surface area contributed by atoms with Gasteiger partial charge in [-0.1, -0.05) is 24.3 Å². The van der Waals surface area contributed by atoms with Gasteiger partial charge in [-0.2, -0.15) is 8.78 Å². The van der Waals surface area contributed by atoms with E-state index >= 15 is 0 Å². The summed E-state index contributed by atoms with van der Waals surface area (Å²) >= 11 is 0. The summed E-state index contributed by atoms with van der Waals surface area (Å²) in [7, 11) is 3.19. The number of nitrogens with one attached hydrogen (secondary N) is 2. The second-order valence-corrected chi connectivity index (χ2v) is 7.43. The summed E-state index contributed by atoms with van der Waals surface area (Å²) in [6.45, 7) is 1.33. The topological polar surface area (TPSA) is 58.1 Å². The van der Waals surface area contributed by atoms with E-state index in [1.807, 2.05) is 0 Å². The minimum Gasteiger partial charge on any atom is -0.497 e. The Bertz CT molecular complexity index is 860. The zero-order chi connectivity index (χ0) is 22.1. The summed E-state index contributed by atoms with van der Waals surface area (Å²) in [5.74, 6) is 1.23. The fourth-order valence-corrected chi connectivity index (χ4v) is 3.58. The summed E-state index contributed by atoms with van der Waals surface area (Å²) in [5, 5.41) is 6.38. The Morgan fingerprint density at radius 2 is 1.69 bits per heavy atom. The minimum absolute atomic E-state index is 0. The minimum atomic E-state index is -2.89. The van der Waals surface area contributed by atoms with E-state index in [0.29, 0.717) is 23.8 Å². The lowest BCUT2D eigenvalue weighted by Crippen LogP contribution is -2.36. The van der Waals surface area contributed by atoms with E-state index in [-0.39, 0.29) is 36.3 Å². The summed E-state index contributed by atoms with van der Waals surface area (Å²) in [6.07, 6.45) is 2.58. The first-order valence-electron chi connectivity index (χ1n) is 10.4. The first-order valence-corrected chi connectivity index (χ1v) is 10.4. The predicted octanol–water partition coefficient (Wildman–Crippen LogP) is 4.38. The van der Waals surface area contributed by atoms with Crippen molar-refractivity contribution < 1.29 is 18.3 Å². The molecule has 32 heavy (non-hydrogen) atoms. The van der Waals surface area contributed by atoms with Crippen LogP contribution < -0.4 is 20.1 Å². The molecule has 1 heterocycles. The first kappa shape index (κ1) is 26.1. The molecule has 0 radical (unpaired) electrons. The number of alkyl halides is 2. The van der Waals surface area contributed by atoms with Crippen LogP contribution in [-0.4, -0.2) is 44.7 Å². The molecular formula is C23H31F2IN4O2. The molecule has 0 amide bonds. The van der Waals surface area contributed by atoms with Crippen molar-refractivity contribution in [2.24, 2.45) is 4.99 Å². The van der Waals surface area contributed by atoms with Gasteiger partial charge < -0.3 is 20.1 Å². The molecule has 0 spiro atoms. The Morgan fingerprint density at radius 1 is 1.03 bits per heavy atom. The molecule has 0 saturated carbocycles. The van der Waals surface area contributed by atoms with Gasteiger partial charge in [0.2, 0.25) is 0 Å². The average molecular weight is 560 g/mol. The van der Waals surface area contributed by atoms with Crippen LogP contribution in [-0.2, 0) is 19.6 Å². The van der Waals surface area contributed by atoms with Crippen LogP contribution in [0.15, 0.2) is 47.5 Å². The van der Waals surface area contributed by atoms with Crippen molar-refractivity contribution in [2.45, 2.75) is 39.1 Å². The predicted molar refractivity (Wildman–Crippen MR) is 133 cm³/mol. The zero-order valence-corrected chi connectivity index (χ0v) is 20.8. The second kappa shape index (κ2) is 13.4. The molecule has 9 heteroatoms. The van der Waals surface area contributed by atoms with Gasteiger partial charge in [0.15, 0.2) is 5.96 Å². The number of rotatable bonds is 9. The molecule has 2 aromatic carbocycles. The Morgan fingerprint density at radius 3 is 2.31 bits per heavy atom. The highest BCUT2D eigenvalue weighted by Gasteiger charge is 2.13. The van der Waals surface area contributed by atoms with Crippen LogP contribution in [0.2, 0.25) is 0 Å². The summed E-state index contributed by atoms with van der Waals surface area (Å²) in [4.78, 5) is 6.68. The van der Waals surface area contributed by atoms with Crippen molar-refractivity contribution in [1.29, 1.82) is 0 Å². The fraction of sp³-hybridized carbons (Fsp3) is 0.435. The van der Waals surface area contributed by atoms with E-state index < -0.39 is 6.61 Å². The number of nitrogens with zero attached hydrogens (tertiary/aromatic N) is 2. The van der Waals surface area contributed by atoms with Gasteiger partial charge in [-0.05, 0) is 55.3 Å². The lowest BCUT2D eigenvalue weighted by molar-refractivity contribution is -0.0504.